The second-order valence-electron chi connectivity index (χ2n) is 3.99. The number of methoxy groups -OCH3 is 1. The smallest absolute Gasteiger partial charge is 0.416 e. The quantitative estimate of drug-likeness (QED) is 0.794. The fraction of sp³-hybridized carbons (Fsp3) is 0.308. The van der Waals surface area contributed by atoms with Gasteiger partial charge in [-0.1, -0.05) is 30.3 Å². The number of alkyl halides is 3. The van der Waals surface area contributed by atoms with Crippen LogP contribution in [0.25, 0.3) is 0 Å². The van der Waals surface area contributed by atoms with Crippen LogP contribution in [0.4, 0.5) is 13.2 Å². The fourth-order valence-electron chi connectivity index (χ4n) is 1.96. The molecule has 0 amide bonds. The second-order valence-corrected chi connectivity index (χ2v) is 3.99. The number of hydrogen-bond donors (Lipinski definition) is 0. The van der Waals surface area contributed by atoms with Gasteiger partial charge in [-0.25, -0.2) is 4.79 Å². The Bertz CT molecular complexity index is 506. The van der Waals surface area contributed by atoms with Gasteiger partial charge < -0.3 is 9.47 Å². The van der Waals surface area contributed by atoms with Crippen LogP contribution in [-0.4, -0.2) is 25.9 Å². The van der Waals surface area contributed by atoms with Gasteiger partial charge in [0, 0.05) is 7.11 Å². The van der Waals surface area contributed by atoms with Crippen LogP contribution >= 0.6 is 0 Å². The van der Waals surface area contributed by atoms with E-state index in [0.29, 0.717) is 5.56 Å². The maximum Gasteiger partial charge on any atom is 0.416 e. The lowest BCUT2D eigenvalue weighted by Crippen LogP contribution is -2.18. The van der Waals surface area contributed by atoms with E-state index in [2.05, 4.69) is 4.74 Å². The summed E-state index contributed by atoms with van der Waals surface area (Å²) in [4.78, 5) is 11.5. The SMILES string of the molecule is COC(C1=C(C(F)(F)F)COC1=O)c1ccccc1. The summed E-state index contributed by atoms with van der Waals surface area (Å²) >= 11 is 0. The van der Waals surface area contributed by atoms with Crippen molar-refractivity contribution < 1.29 is 27.4 Å². The maximum absolute atomic E-state index is 12.9. The monoisotopic (exact) mass is 272 g/mol. The van der Waals surface area contributed by atoms with E-state index < -0.39 is 36.0 Å². The fourth-order valence-corrected chi connectivity index (χ4v) is 1.96. The molecule has 1 aromatic rings. The van der Waals surface area contributed by atoms with Crippen molar-refractivity contribution in [3.63, 3.8) is 0 Å². The zero-order valence-corrected chi connectivity index (χ0v) is 10.0. The molecule has 0 aromatic heterocycles. The Hall–Kier alpha value is -1.82. The van der Waals surface area contributed by atoms with Crippen molar-refractivity contribution in [2.24, 2.45) is 0 Å². The number of ether oxygens (including phenoxy) is 2. The zero-order valence-electron chi connectivity index (χ0n) is 10.0. The first-order valence-electron chi connectivity index (χ1n) is 5.50. The molecule has 3 nitrogen and oxygen atoms in total. The van der Waals surface area contributed by atoms with Crippen LogP contribution in [0, 0.1) is 0 Å². The Labute approximate surface area is 107 Å². The van der Waals surface area contributed by atoms with E-state index in [1.165, 1.54) is 7.11 Å². The van der Waals surface area contributed by atoms with E-state index in [4.69, 9.17) is 4.74 Å². The standard InChI is InChI=1S/C13H11F3O3/c1-18-11(8-5-3-2-4-6-8)10-9(13(14,15)16)7-19-12(10)17/h2-6,11H,7H2,1H3. The number of rotatable bonds is 3. The van der Waals surface area contributed by atoms with Crippen LogP contribution in [0.15, 0.2) is 41.5 Å². The highest BCUT2D eigenvalue weighted by Crippen LogP contribution is 2.39. The normalized spacial score (nSPS) is 17.6. The molecule has 0 radical (unpaired) electrons. The van der Waals surface area contributed by atoms with E-state index in [-0.39, 0.29) is 0 Å². The van der Waals surface area contributed by atoms with Gasteiger partial charge in [-0.05, 0) is 5.56 Å². The molecule has 1 aromatic carbocycles. The summed E-state index contributed by atoms with van der Waals surface area (Å²) in [5.74, 6) is -0.983. The third-order valence-corrected chi connectivity index (χ3v) is 2.84. The first-order chi connectivity index (χ1) is 8.95. The molecule has 0 saturated heterocycles. The first-order valence-corrected chi connectivity index (χ1v) is 5.50. The van der Waals surface area contributed by atoms with Crippen molar-refractivity contribution in [1.82, 2.24) is 0 Å². The molecule has 0 spiro atoms. The van der Waals surface area contributed by atoms with Gasteiger partial charge in [-0.3, -0.25) is 0 Å². The Morgan fingerprint density at radius 3 is 2.42 bits per heavy atom. The molecule has 19 heavy (non-hydrogen) atoms. The number of benzene rings is 1. The van der Waals surface area contributed by atoms with E-state index in [1.807, 2.05) is 0 Å². The van der Waals surface area contributed by atoms with Crippen LogP contribution < -0.4 is 0 Å². The first kappa shape index (κ1) is 13.6. The summed E-state index contributed by atoms with van der Waals surface area (Å²) in [6, 6.07) is 8.24. The summed E-state index contributed by atoms with van der Waals surface area (Å²) in [6.07, 6.45) is -5.68. The predicted octanol–water partition coefficient (Wildman–Crippen LogP) is 2.79. The molecule has 1 atom stereocenters. The lowest BCUT2D eigenvalue weighted by molar-refractivity contribution is -0.137. The molecule has 6 heteroatoms. The highest BCUT2D eigenvalue weighted by atomic mass is 19.4. The van der Waals surface area contributed by atoms with Gasteiger partial charge in [0.2, 0.25) is 0 Å². The maximum atomic E-state index is 12.9. The lowest BCUT2D eigenvalue weighted by Gasteiger charge is -2.17. The summed E-state index contributed by atoms with van der Waals surface area (Å²) in [5.41, 5.74) is -0.977. The third kappa shape index (κ3) is 2.63. The Morgan fingerprint density at radius 2 is 1.89 bits per heavy atom. The van der Waals surface area contributed by atoms with Crippen LogP contribution in [0.1, 0.15) is 11.7 Å². The van der Waals surface area contributed by atoms with Crippen molar-refractivity contribution >= 4 is 5.97 Å². The molecular weight excluding hydrogens is 261 g/mol. The second kappa shape index (κ2) is 5.05. The summed E-state index contributed by atoms with van der Waals surface area (Å²) in [5, 5.41) is 0. The molecule has 0 fully saturated rings. The van der Waals surface area contributed by atoms with Gasteiger partial charge >= 0.3 is 12.1 Å². The number of esters is 1. The average Bonchev–Trinajstić information content (AvgIpc) is 2.74. The van der Waals surface area contributed by atoms with E-state index in [1.54, 1.807) is 30.3 Å². The highest BCUT2D eigenvalue weighted by Gasteiger charge is 2.45. The van der Waals surface area contributed by atoms with Crippen molar-refractivity contribution in [2.75, 3.05) is 13.7 Å². The minimum atomic E-state index is -4.60. The minimum absolute atomic E-state index is 0.471. The van der Waals surface area contributed by atoms with Gasteiger partial charge in [-0.15, -0.1) is 0 Å². The largest absolute Gasteiger partial charge is 0.457 e. The summed E-state index contributed by atoms with van der Waals surface area (Å²) in [6.45, 7) is -0.760. The van der Waals surface area contributed by atoms with E-state index in [0.717, 1.165) is 0 Å². The molecule has 1 heterocycles. The number of hydrogen-bond acceptors (Lipinski definition) is 3. The van der Waals surface area contributed by atoms with Gasteiger partial charge in [0.05, 0.1) is 11.1 Å². The molecule has 1 aliphatic heterocycles. The molecule has 0 aliphatic carbocycles. The Kier molecular flexibility index (Phi) is 3.61. The minimum Gasteiger partial charge on any atom is -0.457 e. The van der Waals surface area contributed by atoms with Gasteiger partial charge in [0.25, 0.3) is 0 Å². The van der Waals surface area contributed by atoms with Crippen molar-refractivity contribution in [1.29, 1.82) is 0 Å². The topological polar surface area (TPSA) is 35.5 Å². The number of cyclic esters (lactones) is 1. The summed E-state index contributed by atoms with van der Waals surface area (Å²) < 4.78 is 48.1. The van der Waals surface area contributed by atoms with Gasteiger partial charge in [0.15, 0.2) is 0 Å². The molecule has 1 unspecified atom stereocenters. The lowest BCUT2D eigenvalue weighted by atomic mass is 9.98. The van der Waals surface area contributed by atoms with Crippen molar-refractivity contribution in [2.45, 2.75) is 12.3 Å². The third-order valence-electron chi connectivity index (χ3n) is 2.84. The van der Waals surface area contributed by atoms with Crippen molar-refractivity contribution in [3.05, 3.63) is 47.0 Å². The molecule has 0 saturated carbocycles. The van der Waals surface area contributed by atoms with Crippen LogP contribution in [0.3, 0.4) is 0 Å². The van der Waals surface area contributed by atoms with Gasteiger partial charge in [0.1, 0.15) is 12.7 Å². The van der Waals surface area contributed by atoms with Gasteiger partial charge in [-0.2, -0.15) is 13.2 Å². The zero-order chi connectivity index (χ0) is 14.0. The molecular formula is C13H11F3O3. The van der Waals surface area contributed by atoms with Crippen LogP contribution in [-0.2, 0) is 14.3 Å². The number of carbonyl (C=O) groups excluding carboxylic acids is 1. The Balaban J connectivity index is 2.49. The van der Waals surface area contributed by atoms with Crippen LogP contribution in [0.5, 0.6) is 0 Å². The van der Waals surface area contributed by atoms with E-state index in [9.17, 15) is 18.0 Å². The van der Waals surface area contributed by atoms with Crippen LogP contribution in [0.2, 0.25) is 0 Å². The molecule has 0 N–H and O–H groups in total. The van der Waals surface area contributed by atoms with Crippen molar-refractivity contribution in [3.8, 4) is 0 Å². The molecule has 102 valence electrons. The predicted molar refractivity (Wildman–Crippen MR) is 60.2 cm³/mol. The summed E-state index contributed by atoms with van der Waals surface area (Å²) in [7, 11) is 1.25. The Morgan fingerprint density at radius 1 is 1.26 bits per heavy atom. The number of halogens is 3. The average molecular weight is 272 g/mol. The molecule has 1 aliphatic rings. The number of carbonyl (C=O) groups is 1. The highest BCUT2D eigenvalue weighted by molar-refractivity contribution is 5.93. The molecule has 0 bridgehead atoms. The molecule has 2 rings (SSSR count). The van der Waals surface area contributed by atoms with E-state index >= 15 is 0 Å².